The number of carbonyl (C=O) groups excluding carboxylic acids is 3. The normalized spacial score (nSPS) is 10.2. The van der Waals surface area contributed by atoms with E-state index in [2.05, 4.69) is 10.6 Å². The van der Waals surface area contributed by atoms with Gasteiger partial charge in [-0.15, -0.1) is 0 Å². The lowest BCUT2D eigenvalue weighted by Crippen LogP contribution is -2.22. The number of esters is 1. The molecule has 0 aliphatic heterocycles. The molecule has 170 valence electrons. The molecule has 2 N–H and O–H groups in total. The van der Waals surface area contributed by atoms with Crippen LogP contribution < -0.4 is 15.4 Å². The van der Waals surface area contributed by atoms with Gasteiger partial charge in [0.05, 0.1) is 11.4 Å². The minimum absolute atomic E-state index is 0.0733. The van der Waals surface area contributed by atoms with Crippen LogP contribution in [0.15, 0.2) is 72.8 Å². The molecular formula is C25H23ClN2O5. The summed E-state index contributed by atoms with van der Waals surface area (Å²) in [7, 11) is 0. The van der Waals surface area contributed by atoms with Crippen molar-refractivity contribution in [2.75, 3.05) is 17.2 Å². The molecule has 33 heavy (non-hydrogen) atoms. The number of ether oxygens (including phenoxy) is 2. The Morgan fingerprint density at radius 3 is 2.24 bits per heavy atom. The van der Waals surface area contributed by atoms with Gasteiger partial charge in [0.2, 0.25) is 5.91 Å². The summed E-state index contributed by atoms with van der Waals surface area (Å²) in [5.74, 6) is -0.332. The van der Waals surface area contributed by atoms with E-state index in [1.54, 1.807) is 48.5 Å². The number of carbonyl (C=O) groups is 3. The number of anilines is 2. The lowest BCUT2D eigenvalue weighted by molar-refractivity contribution is -0.147. The number of nitrogens with one attached hydrogen (secondary N) is 2. The second-order valence-corrected chi connectivity index (χ2v) is 7.54. The van der Waals surface area contributed by atoms with Crippen molar-refractivity contribution in [3.05, 3.63) is 83.4 Å². The Balaban J connectivity index is 1.38. The Morgan fingerprint density at radius 1 is 0.818 bits per heavy atom. The highest BCUT2D eigenvalue weighted by Crippen LogP contribution is 2.29. The zero-order chi connectivity index (χ0) is 23.6. The SMILES string of the molecule is Cc1ccccc1NC(=O)COC(=O)CCC(=O)Nc1ccc(Oc2ccccc2Cl)cc1. The van der Waals surface area contributed by atoms with Gasteiger partial charge in [0.1, 0.15) is 11.5 Å². The van der Waals surface area contributed by atoms with E-state index in [1.807, 2.05) is 31.2 Å². The van der Waals surface area contributed by atoms with Crippen molar-refractivity contribution < 1.29 is 23.9 Å². The van der Waals surface area contributed by atoms with E-state index in [-0.39, 0.29) is 18.7 Å². The third-order valence-electron chi connectivity index (χ3n) is 4.54. The van der Waals surface area contributed by atoms with Crippen LogP contribution >= 0.6 is 11.6 Å². The average Bonchev–Trinajstić information content (AvgIpc) is 2.80. The van der Waals surface area contributed by atoms with E-state index in [9.17, 15) is 14.4 Å². The van der Waals surface area contributed by atoms with Crippen molar-refractivity contribution in [2.24, 2.45) is 0 Å². The largest absolute Gasteiger partial charge is 0.456 e. The highest BCUT2D eigenvalue weighted by Gasteiger charge is 2.12. The molecule has 0 heterocycles. The number of hydrogen-bond donors (Lipinski definition) is 2. The van der Waals surface area contributed by atoms with Crippen LogP contribution in [0, 0.1) is 6.92 Å². The molecule has 8 heteroatoms. The zero-order valence-corrected chi connectivity index (χ0v) is 18.7. The first-order chi connectivity index (χ1) is 15.9. The number of rotatable bonds is 9. The van der Waals surface area contributed by atoms with Crippen molar-refractivity contribution in [3.8, 4) is 11.5 Å². The van der Waals surface area contributed by atoms with Gasteiger partial charge in [0.25, 0.3) is 5.91 Å². The van der Waals surface area contributed by atoms with Crippen LogP contribution in [-0.2, 0) is 19.1 Å². The van der Waals surface area contributed by atoms with Crippen LogP contribution in [0.1, 0.15) is 18.4 Å². The second-order valence-electron chi connectivity index (χ2n) is 7.13. The van der Waals surface area contributed by atoms with Gasteiger partial charge >= 0.3 is 5.97 Å². The summed E-state index contributed by atoms with van der Waals surface area (Å²) in [6.07, 6.45) is -0.215. The van der Waals surface area contributed by atoms with Crippen LogP contribution in [0.2, 0.25) is 5.02 Å². The maximum absolute atomic E-state index is 12.1. The van der Waals surface area contributed by atoms with Crippen LogP contribution in [-0.4, -0.2) is 24.4 Å². The van der Waals surface area contributed by atoms with Crippen LogP contribution in [0.3, 0.4) is 0 Å². The number of amides is 2. The van der Waals surface area contributed by atoms with Crippen LogP contribution in [0.4, 0.5) is 11.4 Å². The Morgan fingerprint density at radius 2 is 1.52 bits per heavy atom. The third-order valence-corrected chi connectivity index (χ3v) is 4.85. The summed E-state index contributed by atoms with van der Waals surface area (Å²) in [5, 5.41) is 5.86. The zero-order valence-electron chi connectivity index (χ0n) is 18.0. The average molecular weight is 467 g/mol. The molecular weight excluding hydrogens is 444 g/mol. The van der Waals surface area contributed by atoms with Gasteiger partial charge in [-0.05, 0) is 55.0 Å². The molecule has 0 aliphatic carbocycles. The third kappa shape index (κ3) is 7.66. The van der Waals surface area contributed by atoms with E-state index in [4.69, 9.17) is 21.1 Å². The number of benzene rings is 3. The number of halogens is 1. The smallest absolute Gasteiger partial charge is 0.306 e. The van der Waals surface area contributed by atoms with Gasteiger partial charge in [0, 0.05) is 17.8 Å². The minimum Gasteiger partial charge on any atom is -0.456 e. The predicted molar refractivity (Wildman–Crippen MR) is 127 cm³/mol. The molecule has 7 nitrogen and oxygen atoms in total. The van der Waals surface area contributed by atoms with Gasteiger partial charge < -0.3 is 20.1 Å². The van der Waals surface area contributed by atoms with Crippen molar-refractivity contribution in [2.45, 2.75) is 19.8 Å². The lowest BCUT2D eigenvalue weighted by Gasteiger charge is -2.10. The first-order valence-corrected chi connectivity index (χ1v) is 10.6. The summed E-state index contributed by atoms with van der Waals surface area (Å²) >= 11 is 6.07. The minimum atomic E-state index is -0.631. The Labute approximate surface area is 196 Å². The van der Waals surface area contributed by atoms with Gasteiger partial charge in [0.15, 0.2) is 6.61 Å². The molecule has 0 bridgehead atoms. The van der Waals surface area contributed by atoms with Gasteiger partial charge in [-0.25, -0.2) is 0 Å². The summed E-state index contributed by atoms with van der Waals surface area (Å²) in [6.45, 7) is 1.45. The van der Waals surface area contributed by atoms with Gasteiger partial charge in [-0.3, -0.25) is 14.4 Å². The van der Waals surface area contributed by atoms with Crippen molar-refractivity contribution in [1.82, 2.24) is 0 Å². The van der Waals surface area contributed by atoms with E-state index in [0.717, 1.165) is 5.56 Å². The fourth-order valence-electron chi connectivity index (χ4n) is 2.82. The lowest BCUT2D eigenvalue weighted by atomic mass is 10.2. The van der Waals surface area contributed by atoms with E-state index in [0.29, 0.717) is 27.9 Å². The van der Waals surface area contributed by atoms with Crippen LogP contribution in [0.25, 0.3) is 0 Å². The van der Waals surface area contributed by atoms with Crippen LogP contribution in [0.5, 0.6) is 11.5 Å². The molecule has 0 fully saturated rings. The monoisotopic (exact) mass is 466 g/mol. The van der Waals surface area contributed by atoms with E-state index >= 15 is 0 Å². The second kappa shape index (κ2) is 11.7. The molecule has 0 saturated carbocycles. The molecule has 0 unspecified atom stereocenters. The maximum Gasteiger partial charge on any atom is 0.306 e. The van der Waals surface area contributed by atoms with Crippen molar-refractivity contribution in [1.29, 1.82) is 0 Å². The quantitative estimate of drug-likeness (QED) is 0.415. The fraction of sp³-hybridized carbons (Fsp3) is 0.160. The molecule has 3 aromatic rings. The summed E-state index contributed by atoms with van der Waals surface area (Å²) < 4.78 is 10.6. The Bertz CT molecular complexity index is 1130. The maximum atomic E-state index is 12.1. The molecule has 0 spiro atoms. The molecule has 3 rings (SSSR count). The first kappa shape index (κ1) is 23.8. The topological polar surface area (TPSA) is 93.7 Å². The van der Waals surface area contributed by atoms with E-state index < -0.39 is 18.5 Å². The summed E-state index contributed by atoms with van der Waals surface area (Å²) in [5.41, 5.74) is 2.11. The first-order valence-electron chi connectivity index (χ1n) is 10.2. The molecule has 0 radical (unpaired) electrons. The van der Waals surface area contributed by atoms with Gasteiger partial charge in [-0.2, -0.15) is 0 Å². The number of aryl methyl sites for hydroxylation is 1. The highest BCUT2D eigenvalue weighted by molar-refractivity contribution is 6.32. The molecule has 3 aromatic carbocycles. The number of hydrogen-bond acceptors (Lipinski definition) is 5. The van der Waals surface area contributed by atoms with E-state index in [1.165, 1.54) is 0 Å². The molecule has 0 aromatic heterocycles. The Hall–Kier alpha value is -3.84. The highest BCUT2D eigenvalue weighted by atomic mass is 35.5. The molecule has 2 amide bonds. The standard InChI is InChI=1S/C25H23ClN2O5/c1-17-6-2-4-8-21(17)28-24(30)16-32-25(31)15-14-23(29)27-18-10-12-19(13-11-18)33-22-9-5-3-7-20(22)26/h2-13H,14-16H2,1H3,(H,27,29)(H,28,30). The van der Waals surface area contributed by atoms with Gasteiger partial charge in [-0.1, -0.05) is 41.9 Å². The molecule has 0 aliphatic rings. The molecule has 0 atom stereocenters. The van der Waals surface area contributed by atoms with Crippen molar-refractivity contribution >= 4 is 40.8 Å². The fourth-order valence-corrected chi connectivity index (χ4v) is 2.99. The predicted octanol–water partition coefficient (Wildman–Crippen LogP) is 5.34. The van der Waals surface area contributed by atoms with Crippen molar-refractivity contribution in [3.63, 3.8) is 0 Å². The Kier molecular flexibility index (Phi) is 8.43. The summed E-state index contributed by atoms with van der Waals surface area (Å²) in [6, 6.07) is 21.1. The summed E-state index contributed by atoms with van der Waals surface area (Å²) in [4.78, 5) is 35.9. The number of para-hydroxylation sites is 2. The molecule has 0 saturated heterocycles.